The highest BCUT2D eigenvalue weighted by Gasteiger charge is 2.34. The van der Waals surface area contributed by atoms with Crippen LogP contribution in [0.2, 0.25) is 0 Å². The van der Waals surface area contributed by atoms with E-state index in [0.717, 1.165) is 18.4 Å². The van der Waals surface area contributed by atoms with E-state index in [4.69, 9.17) is 0 Å². The Hall–Kier alpha value is -0.870. The summed E-state index contributed by atoms with van der Waals surface area (Å²) in [7, 11) is -3.08. The molecule has 1 heterocycles. The lowest BCUT2D eigenvalue weighted by Crippen LogP contribution is -2.32. The van der Waals surface area contributed by atoms with Crippen molar-refractivity contribution in [1.29, 1.82) is 0 Å². The van der Waals surface area contributed by atoms with E-state index in [1.54, 1.807) is 12.1 Å². The van der Waals surface area contributed by atoms with Gasteiger partial charge in [-0.1, -0.05) is 32.0 Å². The molecule has 0 radical (unpaired) electrons. The highest BCUT2D eigenvalue weighted by Crippen LogP contribution is 2.33. The van der Waals surface area contributed by atoms with Crippen molar-refractivity contribution < 1.29 is 8.42 Å². The minimum absolute atomic E-state index is 0.0406. The number of fused-ring (bicyclic) bond motifs is 1. The molecule has 3 nitrogen and oxygen atoms in total. The Kier molecular flexibility index (Phi) is 3.54. The smallest absolute Gasteiger partial charge is 0.180 e. The summed E-state index contributed by atoms with van der Waals surface area (Å²) in [5.74, 6) is 0.197. The maximum atomic E-state index is 12.0. The zero-order valence-corrected chi connectivity index (χ0v) is 11.1. The lowest BCUT2D eigenvalue weighted by Gasteiger charge is -2.20. The summed E-state index contributed by atoms with van der Waals surface area (Å²) in [5, 5.41) is 3.45. The van der Waals surface area contributed by atoms with Gasteiger partial charge in [0.05, 0.1) is 10.6 Å². The predicted molar refractivity (Wildman–Crippen MR) is 68.7 cm³/mol. The van der Waals surface area contributed by atoms with E-state index in [-0.39, 0.29) is 11.8 Å². The van der Waals surface area contributed by atoms with Gasteiger partial charge in [0.25, 0.3) is 0 Å². The first-order valence-electron chi connectivity index (χ1n) is 6.16. The molecule has 4 heteroatoms. The van der Waals surface area contributed by atoms with Crippen LogP contribution in [0.15, 0.2) is 29.2 Å². The van der Waals surface area contributed by atoms with Crippen LogP contribution in [0.3, 0.4) is 0 Å². The molecule has 0 aliphatic carbocycles. The summed E-state index contributed by atoms with van der Waals surface area (Å²) >= 11 is 0. The molecule has 1 unspecified atom stereocenters. The molecule has 0 saturated heterocycles. The molecular formula is C13H19NO2S. The standard InChI is InChI=1S/C13H19NO2S/c1-3-10(4-2)14-12-9-17(15,16)13-8-6-5-7-11(12)13/h5-8,10,12,14H,3-4,9H2,1-2H3. The topological polar surface area (TPSA) is 46.2 Å². The van der Waals surface area contributed by atoms with Crippen LogP contribution in [0.1, 0.15) is 38.3 Å². The van der Waals surface area contributed by atoms with E-state index in [2.05, 4.69) is 19.2 Å². The fourth-order valence-corrected chi connectivity index (χ4v) is 4.15. The minimum Gasteiger partial charge on any atom is -0.306 e. The lowest BCUT2D eigenvalue weighted by molar-refractivity contribution is 0.435. The van der Waals surface area contributed by atoms with Crippen LogP contribution in [0.25, 0.3) is 0 Å². The van der Waals surface area contributed by atoms with Gasteiger partial charge in [-0.3, -0.25) is 0 Å². The van der Waals surface area contributed by atoms with Crippen LogP contribution < -0.4 is 5.32 Å². The number of sulfone groups is 1. The molecule has 0 fully saturated rings. The third-order valence-corrected chi connectivity index (χ3v) is 5.25. The average molecular weight is 253 g/mol. The highest BCUT2D eigenvalue weighted by atomic mass is 32.2. The van der Waals surface area contributed by atoms with Gasteiger partial charge in [-0.2, -0.15) is 0 Å². The fraction of sp³-hybridized carbons (Fsp3) is 0.538. The van der Waals surface area contributed by atoms with Gasteiger partial charge in [0.2, 0.25) is 0 Å². The Bertz CT molecular complexity index is 492. The van der Waals surface area contributed by atoms with Crippen molar-refractivity contribution in [1.82, 2.24) is 5.32 Å². The zero-order valence-electron chi connectivity index (χ0n) is 10.3. The second-order valence-electron chi connectivity index (χ2n) is 4.55. The van der Waals surface area contributed by atoms with E-state index in [1.165, 1.54) is 0 Å². The first-order valence-corrected chi connectivity index (χ1v) is 7.81. The zero-order chi connectivity index (χ0) is 12.5. The molecule has 94 valence electrons. The number of hydrogen-bond donors (Lipinski definition) is 1. The van der Waals surface area contributed by atoms with Crippen molar-refractivity contribution in [2.24, 2.45) is 0 Å². The van der Waals surface area contributed by atoms with Gasteiger partial charge in [0, 0.05) is 12.1 Å². The van der Waals surface area contributed by atoms with Crippen LogP contribution in [0, 0.1) is 0 Å². The van der Waals surface area contributed by atoms with Gasteiger partial charge < -0.3 is 5.32 Å². The third-order valence-electron chi connectivity index (χ3n) is 3.44. The normalized spacial score (nSPS) is 21.7. The van der Waals surface area contributed by atoms with Crippen LogP contribution in [-0.2, 0) is 9.84 Å². The summed E-state index contributed by atoms with van der Waals surface area (Å²) in [6.45, 7) is 4.24. The molecule has 0 saturated carbocycles. The molecule has 0 spiro atoms. The average Bonchev–Trinajstić information content (AvgIpc) is 2.59. The molecule has 0 amide bonds. The maximum absolute atomic E-state index is 12.0. The molecule has 1 aliphatic rings. The third kappa shape index (κ3) is 2.38. The Morgan fingerprint density at radius 3 is 2.59 bits per heavy atom. The van der Waals surface area contributed by atoms with Gasteiger partial charge in [-0.05, 0) is 24.5 Å². The first-order chi connectivity index (χ1) is 8.08. The van der Waals surface area contributed by atoms with E-state index in [9.17, 15) is 8.42 Å². The van der Waals surface area contributed by atoms with Crippen molar-refractivity contribution in [3.63, 3.8) is 0 Å². The molecule has 1 aromatic rings. The quantitative estimate of drug-likeness (QED) is 0.895. The number of hydrogen-bond acceptors (Lipinski definition) is 3. The van der Waals surface area contributed by atoms with Gasteiger partial charge in [0.1, 0.15) is 0 Å². The first kappa shape index (κ1) is 12.6. The van der Waals surface area contributed by atoms with Crippen LogP contribution in [0.4, 0.5) is 0 Å². The molecule has 2 rings (SSSR count). The largest absolute Gasteiger partial charge is 0.306 e. The van der Waals surface area contributed by atoms with Gasteiger partial charge >= 0.3 is 0 Å². The summed E-state index contributed by atoms with van der Waals surface area (Å²) in [4.78, 5) is 0.503. The van der Waals surface area contributed by atoms with Gasteiger partial charge in [-0.15, -0.1) is 0 Å². The summed E-state index contributed by atoms with van der Waals surface area (Å²) in [6, 6.07) is 7.67. The Labute approximate surface area is 103 Å². The van der Waals surface area contributed by atoms with Crippen LogP contribution in [0.5, 0.6) is 0 Å². The van der Waals surface area contributed by atoms with E-state index in [0.29, 0.717) is 10.9 Å². The molecule has 17 heavy (non-hydrogen) atoms. The Morgan fingerprint density at radius 2 is 1.94 bits per heavy atom. The minimum atomic E-state index is -3.08. The predicted octanol–water partition coefficient (Wildman–Crippen LogP) is 2.29. The summed E-state index contributed by atoms with van der Waals surface area (Å²) in [5.41, 5.74) is 0.930. The van der Waals surface area contributed by atoms with Crippen molar-refractivity contribution in [3.05, 3.63) is 29.8 Å². The van der Waals surface area contributed by atoms with Crippen molar-refractivity contribution in [3.8, 4) is 0 Å². The number of nitrogens with one attached hydrogen (secondary N) is 1. The molecule has 1 aromatic carbocycles. The van der Waals surface area contributed by atoms with Gasteiger partial charge in [0.15, 0.2) is 9.84 Å². The molecular weight excluding hydrogens is 234 g/mol. The molecule has 0 bridgehead atoms. The lowest BCUT2D eigenvalue weighted by atomic mass is 10.1. The van der Waals surface area contributed by atoms with E-state index in [1.807, 2.05) is 12.1 Å². The molecule has 0 aromatic heterocycles. The Morgan fingerprint density at radius 1 is 1.29 bits per heavy atom. The number of rotatable bonds is 4. The van der Waals surface area contributed by atoms with Crippen LogP contribution >= 0.6 is 0 Å². The van der Waals surface area contributed by atoms with Crippen molar-refractivity contribution in [2.75, 3.05) is 5.75 Å². The fourth-order valence-electron chi connectivity index (χ4n) is 2.40. The monoisotopic (exact) mass is 253 g/mol. The van der Waals surface area contributed by atoms with E-state index >= 15 is 0 Å². The highest BCUT2D eigenvalue weighted by molar-refractivity contribution is 7.91. The van der Waals surface area contributed by atoms with E-state index < -0.39 is 9.84 Å². The molecule has 1 atom stereocenters. The van der Waals surface area contributed by atoms with Crippen LogP contribution in [-0.4, -0.2) is 20.2 Å². The molecule has 1 N–H and O–H groups in total. The molecule has 1 aliphatic heterocycles. The summed E-state index contributed by atoms with van der Waals surface area (Å²) in [6.07, 6.45) is 2.05. The maximum Gasteiger partial charge on any atom is 0.180 e. The second kappa shape index (κ2) is 4.78. The van der Waals surface area contributed by atoms with Crippen molar-refractivity contribution >= 4 is 9.84 Å². The second-order valence-corrected chi connectivity index (χ2v) is 6.55. The SMILES string of the molecule is CCC(CC)NC1CS(=O)(=O)c2ccccc21. The Balaban J connectivity index is 2.29. The van der Waals surface area contributed by atoms with Crippen molar-refractivity contribution in [2.45, 2.75) is 43.7 Å². The summed E-state index contributed by atoms with van der Waals surface area (Å²) < 4.78 is 24.0. The van der Waals surface area contributed by atoms with Gasteiger partial charge in [-0.25, -0.2) is 8.42 Å². The number of benzene rings is 1.